The van der Waals surface area contributed by atoms with Gasteiger partial charge >= 0.3 is 0 Å². The van der Waals surface area contributed by atoms with E-state index in [4.69, 9.17) is 28.3 Å². The summed E-state index contributed by atoms with van der Waals surface area (Å²) in [5, 5.41) is 11.6. The van der Waals surface area contributed by atoms with Gasteiger partial charge in [-0.1, -0.05) is 35.3 Å². The fraction of sp³-hybridized carbons (Fsp3) is 0.250. The zero-order chi connectivity index (χ0) is 14.4. The van der Waals surface area contributed by atoms with Gasteiger partial charge in [-0.3, -0.25) is 4.79 Å². The molecule has 19 heavy (non-hydrogen) atoms. The molecule has 0 heterocycles. The van der Waals surface area contributed by atoms with Crippen molar-refractivity contribution in [2.24, 2.45) is 0 Å². The van der Waals surface area contributed by atoms with E-state index in [-0.39, 0.29) is 0 Å². The summed E-state index contributed by atoms with van der Waals surface area (Å²) in [6.07, 6.45) is -2.26. The van der Waals surface area contributed by atoms with E-state index in [9.17, 15) is 13.6 Å². The lowest BCUT2D eigenvalue weighted by molar-refractivity contribution is -0.117. The molecule has 1 unspecified atom stereocenters. The van der Waals surface area contributed by atoms with Gasteiger partial charge < -0.3 is 10.4 Å². The third kappa shape index (κ3) is 5.14. The van der Waals surface area contributed by atoms with Crippen molar-refractivity contribution in [3.63, 3.8) is 0 Å². The standard InChI is InChI=1S/C12H11Cl2F2NO2/c13-8-3-1-2-7(11(8)14)4-5-10(19)17-6-9(18)12(15)16/h1-5,9,12,18H,6H2,(H,17,19)/b5-4+. The fourth-order valence-electron chi connectivity index (χ4n) is 1.17. The second-order valence-corrected chi connectivity index (χ2v) is 4.41. The first-order valence-corrected chi connectivity index (χ1v) is 6.03. The van der Waals surface area contributed by atoms with Crippen LogP contribution in [-0.2, 0) is 4.79 Å². The quantitative estimate of drug-likeness (QED) is 0.822. The third-order valence-corrected chi connectivity index (χ3v) is 3.01. The summed E-state index contributed by atoms with van der Waals surface area (Å²) >= 11 is 11.7. The van der Waals surface area contributed by atoms with Gasteiger partial charge in [-0.25, -0.2) is 8.78 Å². The summed E-state index contributed by atoms with van der Waals surface area (Å²) in [5.41, 5.74) is 0.527. The minimum atomic E-state index is -2.90. The number of halogens is 4. The van der Waals surface area contributed by atoms with Gasteiger partial charge in [0.1, 0.15) is 6.10 Å². The van der Waals surface area contributed by atoms with Crippen LogP contribution in [0.25, 0.3) is 6.08 Å². The fourth-order valence-corrected chi connectivity index (χ4v) is 1.54. The minimum Gasteiger partial charge on any atom is -0.385 e. The highest BCUT2D eigenvalue weighted by atomic mass is 35.5. The molecule has 1 atom stereocenters. The maximum absolute atomic E-state index is 12.0. The maximum atomic E-state index is 12.0. The molecule has 0 fully saturated rings. The molecular formula is C12H11Cl2F2NO2. The van der Waals surface area contributed by atoms with E-state index >= 15 is 0 Å². The lowest BCUT2D eigenvalue weighted by atomic mass is 10.2. The zero-order valence-electron chi connectivity index (χ0n) is 9.62. The van der Waals surface area contributed by atoms with Crippen LogP contribution in [0.15, 0.2) is 24.3 Å². The number of benzene rings is 1. The van der Waals surface area contributed by atoms with Crippen molar-refractivity contribution < 1.29 is 18.7 Å². The molecule has 0 saturated heterocycles. The van der Waals surface area contributed by atoms with Gasteiger partial charge in [-0.05, 0) is 17.7 Å². The van der Waals surface area contributed by atoms with Crippen LogP contribution >= 0.6 is 23.2 Å². The molecule has 2 N–H and O–H groups in total. The van der Waals surface area contributed by atoms with Crippen LogP contribution in [0, 0.1) is 0 Å². The molecule has 0 spiro atoms. The summed E-state index contributed by atoms with van der Waals surface area (Å²) in [7, 11) is 0. The average molecular weight is 310 g/mol. The summed E-state index contributed by atoms with van der Waals surface area (Å²) in [5.74, 6) is -0.615. The molecule has 1 amide bonds. The number of carbonyl (C=O) groups is 1. The Kier molecular flexibility index (Phi) is 6.21. The van der Waals surface area contributed by atoms with Gasteiger partial charge in [0.2, 0.25) is 5.91 Å². The van der Waals surface area contributed by atoms with Crippen molar-refractivity contribution in [2.45, 2.75) is 12.5 Å². The lowest BCUT2D eigenvalue weighted by Crippen LogP contribution is -2.34. The second kappa shape index (κ2) is 7.43. The largest absolute Gasteiger partial charge is 0.385 e. The topological polar surface area (TPSA) is 49.3 Å². The van der Waals surface area contributed by atoms with E-state index in [0.717, 1.165) is 6.08 Å². The number of rotatable bonds is 5. The molecule has 3 nitrogen and oxygen atoms in total. The minimum absolute atomic E-state index is 0.292. The number of carbonyl (C=O) groups excluding carboxylic acids is 1. The Hall–Kier alpha value is -1.17. The number of alkyl halides is 2. The highest BCUT2D eigenvalue weighted by Gasteiger charge is 2.16. The first-order valence-electron chi connectivity index (χ1n) is 5.28. The van der Waals surface area contributed by atoms with Gasteiger partial charge in [-0.2, -0.15) is 0 Å². The predicted octanol–water partition coefficient (Wildman–Crippen LogP) is 2.75. The van der Waals surface area contributed by atoms with Gasteiger partial charge in [0, 0.05) is 12.6 Å². The van der Waals surface area contributed by atoms with E-state index in [0.29, 0.717) is 15.6 Å². The van der Waals surface area contributed by atoms with E-state index in [1.807, 2.05) is 0 Å². The van der Waals surface area contributed by atoms with Crippen molar-refractivity contribution in [3.05, 3.63) is 39.9 Å². The average Bonchev–Trinajstić information content (AvgIpc) is 2.37. The molecule has 0 aliphatic rings. The molecular weight excluding hydrogens is 299 g/mol. The zero-order valence-corrected chi connectivity index (χ0v) is 11.1. The lowest BCUT2D eigenvalue weighted by Gasteiger charge is -2.09. The van der Waals surface area contributed by atoms with Gasteiger partial charge in [-0.15, -0.1) is 0 Å². The number of aliphatic hydroxyl groups is 1. The maximum Gasteiger partial charge on any atom is 0.265 e. The number of amides is 1. The molecule has 1 aromatic carbocycles. The number of aliphatic hydroxyl groups excluding tert-OH is 1. The third-order valence-electron chi connectivity index (χ3n) is 2.17. The number of nitrogens with one attached hydrogen (secondary N) is 1. The Morgan fingerprint density at radius 3 is 2.74 bits per heavy atom. The molecule has 1 aromatic rings. The summed E-state index contributed by atoms with van der Waals surface area (Å²) < 4.78 is 24.0. The summed E-state index contributed by atoms with van der Waals surface area (Å²) in [4.78, 5) is 11.3. The van der Waals surface area contributed by atoms with Crippen LogP contribution in [-0.4, -0.2) is 30.1 Å². The van der Waals surface area contributed by atoms with E-state index in [1.165, 1.54) is 6.08 Å². The van der Waals surface area contributed by atoms with Crippen molar-refractivity contribution >= 4 is 35.2 Å². The molecule has 0 aromatic heterocycles. The molecule has 104 valence electrons. The van der Waals surface area contributed by atoms with Crippen LogP contribution in [0.1, 0.15) is 5.56 Å². The molecule has 0 aliphatic carbocycles. The molecule has 0 radical (unpaired) electrons. The molecule has 7 heteroatoms. The van der Waals surface area contributed by atoms with E-state index in [1.54, 1.807) is 18.2 Å². The predicted molar refractivity (Wildman–Crippen MR) is 70.5 cm³/mol. The molecule has 0 saturated carbocycles. The Bertz CT molecular complexity index is 481. The van der Waals surface area contributed by atoms with Crippen molar-refractivity contribution in [2.75, 3.05) is 6.54 Å². The second-order valence-electron chi connectivity index (χ2n) is 3.62. The SMILES string of the molecule is O=C(/C=C/c1cccc(Cl)c1Cl)NCC(O)C(F)F. The van der Waals surface area contributed by atoms with Crippen LogP contribution in [0.4, 0.5) is 8.78 Å². The monoisotopic (exact) mass is 309 g/mol. The highest BCUT2D eigenvalue weighted by molar-refractivity contribution is 6.42. The molecule has 0 bridgehead atoms. The van der Waals surface area contributed by atoms with E-state index in [2.05, 4.69) is 5.32 Å². The first kappa shape index (κ1) is 15.9. The first-order chi connectivity index (χ1) is 8.91. The normalized spacial score (nSPS) is 12.9. The van der Waals surface area contributed by atoms with Crippen LogP contribution in [0.5, 0.6) is 0 Å². The van der Waals surface area contributed by atoms with Crippen LogP contribution in [0.2, 0.25) is 10.0 Å². The van der Waals surface area contributed by atoms with Crippen molar-refractivity contribution in [3.8, 4) is 0 Å². The Morgan fingerprint density at radius 1 is 1.42 bits per heavy atom. The van der Waals surface area contributed by atoms with Gasteiger partial charge in [0.15, 0.2) is 0 Å². The Morgan fingerprint density at radius 2 is 2.11 bits per heavy atom. The van der Waals surface area contributed by atoms with Gasteiger partial charge in [0.05, 0.1) is 10.0 Å². The Balaban J connectivity index is 2.57. The number of hydrogen-bond donors (Lipinski definition) is 2. The van der Waals surface area contributed by atoms with Crippen molar-refractivity contribution in [1.29, 1.82) is 0 Å². The number of hydrogen-bond acceptors (Lipinski definition) is 2. The van der Waals surface area contributed by atoms with Gasteiger partial charge in [0.25, 0.3) is 6.43 Å². The van der Waals surface area contributed by atoms with E-state index < -0.39 is 25.0 Å². The molecule has 1 rings (SSSR count). The highest BCUT2D eigenvalue weighted by Crippen LogP contribution is 2.26. The van der Waals surface area contributed by atoms with Crippen LogP contribution < -0.4 is 5.32 Å². The smallest absolute Gasteiger partial charge is 0.265 e. The van der Waals surface area contributed by atoms with Crippen LogP contribution in [0.3, 0.4) is 0 Å². The molecule has 0 aliphatic heterocycles. The Labute approximate surface area is 118 Å². The summed E-state index contributed by atoms with van der Waals surface area (Å²) in [6.45, 7) is -0.524. The summed E-state index contributed by atoms with van der Waals surface area (Å²) in [6, 6.07) is 4.90. The van der Waals surface area contributed by atoms with Crippen molar-refractivity contribution in [1.82, 2.24) is 5.32 Å².